The maximum atomic E-state index is 13.3. The molecule has 0 saturated carbocycles. The minimum Gasteiger partial charge on any atom is -0.399 e. The van der Waals surface area contributed by atoms with Gasteiger partial charge in [-0.3, -0.25) is 4.79 Å². The van der Waals surface area contributed by atoms with E-state index in [1.807, 2.05) is 35.8 Å². The van der Waals surface area contributed by atoms with Crippen molar-refractivity contribution in [1.82, 2.24) is 9.88 Å². The van der Waals surface area contributed by atoms with Gasteiger partial charge in [-0.25, -0.2) is 4.39 Å². The number of ether oxygens (including phenoxy) is 1. The van der Waals surface area contributed by atoms with Crippen LogP contribution in [0.1, 0.15) is 35.8 Å². The van der Waals surface area contributed by atoms with Crippen molar-refractivity contribution in [2.45, 2.75) is 31.9 Å². The highest BCUT2D eigenvalue weighted by Crippen LogP contribution is 2.26. The van der Waals surface area contributed by atoms with Gasteiger partial charge in [-0.05, 0) is 61.7 Å². The van der Waals surface area contributed by atoms with Crippen LogP contribution in [0.4, 0.5) is 10.1 Å². The molecule has 146 valence electrons. The summed E-state index contributed by atoms with van der Waals surface area (Å²) in [4.78, 5) is 13.0. The highest BCUT2D eigenvalue weighted by molar-refractivity contribution is 5.99. The lowest BCUT2D eigenvalue weighted by Crippen LogP contribution is -2.40. The average Bonchev–Trinajstić information content (AvgIpc) is 3.26. The molecular weight excluding hydrogens is 357 g/mol. The molecule has 1 unspecified atom stereocenters. The second kappa shape index (κ2) is 7.28. The van der Waals surface area contributed by atoms with Crippen molar-refractivity contribution in [2.75, 3.05) is 18.9 Å². The van der Waals surface area contributed by atoms with Crippen LogP contribution in [-0.2, 0) is 11.3 Å². The van der Waals surface area contributed by atoms with Crippen molar-refractivity contribution >= 4 is 22.5 Å². The first-order valence-electron chi connectivity index (χ1n) is 9.49. The number of hydrogen-bond donors (Lipinski definition) is 2. The van der Waals surface area contributed by atoms with Gasteiger partial charge in [0.25, 0.3) is 5.91 Å². The van der Waals surface area contributed by atoms with Crippen molar-refractivity contribution < 1.29 is 13.9 Å². The van der Waals surface area contributed by atoms with Gasteiger partial charge in [0.05, 0.1) is 5.60 Å². The molecule has 1 atom stereocenters. The second-order valence-corrected chi connectivity index (χ2v) is 7.65. The minimum atomic E-state index is -0.312. The number of anilines is 1. The van der Waals surface area contributed by atoms with E-state index in [0.29, 0.717) is 24.5 Å². The van der Waals surface area contributed by atoms with Gasteiger partial charge in [0.15, 0.2) is 0 Å². The summed E-state index contributed by atoms with van der Waals surface area (Å²) in [6, 6.07) is 13.7. The van der Waals surface area contributed by atoms with Crippen LogP contribution in [0.2, 0.25) is 0 Å². The molecule has 28 heavy (non-hydrogen) atoms. The fourth-order valence-electron chi connectivity index (χ4n) is 3.75. The number of carbonyl (C=O) groups excluding carboxylic acids is 1. The van der Waals surface area contributed by atoms with Gasteiger partial charge in [0, 0.05) is 36.3 Å². The molecule has 0 bridgehead atoms. The van der Waals surface area contributed by atoms with Crippen molar-refractivity contribution in [1.29, 1.82) is 0 Å². The first-order valence-corrected chi connectivity index (χ1v) is 9.49. The third kappa shape index (κ3) is 3.73. The Kier molecular flexibility index (Phi) is 4.81. The summed E-state index contributed by atoms with van der Waals surface area (Å²) in [5.41, 5.74) is 8.62. The van der Waals surface area contributed by atoms with E-state index < -0.39 is 0 Å². The highest BCUT2D eigenvalue weighted by Gasteiger charge is 2.30. The summed E-state index contributed by atoms with van der Waals surface area (Å²) in [7, 11) is 0. The smallest absolute Gasteiger partial charge is 0.268 e. The number of nitrogens with one attached hydrogen (secondary N) is 1. The molecule has 5 nitrogen and oxygen atoms in total. The maximum Gasteiger partial charge on any atom is 0.268 e. The van der Waals surface area contributed by atoms with Crippen LogP contribution in [0.25, 0.3) is 10.9 Å². The summed E-state index contributed by atoms with van der Waals surface area (Å²) in [6.07, 6.45) is 1.94. The molecule has 1 fully saturated rings. The quantitative estimate of drug-likeness (QED) is 0.662. The minimum absolute atomic E-state index is 0.159. The third-order valence-corrected chi connectivity index (χ3v) is 5.34. The lowest BCUT2D eigenvalue weighted by atomic mass is 10.0. The molecule has 1 aliphatic rings. The fourth-order valence-corrected chi connectivity index (χ4v) is 3.75. The van der Waals surface area contributed by atoms with E-state index >= 15 is 0 Å². The molecule has 6 heteroatoms. The topological polar surface area (TPSA) is 69.3 Å². The Hall–Kier alpha value is -2.86. The number of amides is 1. The Labute approximate surface area is 163 Å². The zero-order chi connectivity index (χ0) is 19.7. The van der Waals surface area contributed by atoms with Gasteiger partial charge in [0.2, 0.25) is 0 Å². The molecule has 2 heterocycles. The van der Waals surface area contributed by atoms with Crippen LogP contribution in [0.15, 0.2) is 48.5 Å². The second-order valence-electron chi connectivity index (χ2n) is 7.65. The van der Waals surface area contributed by atoms with Crippen molar-refractivity contribution in [3.8, 4) is 0 Å². The van der Waals surface area contributed by atoms with Crippen LogP contribution < -0.4 is 11.1 Å². The standard InChI is InChI=1S/C22H24FN3O2/c1-22(9-2-10-28-22)14-25-21(27)20-12-16-11-18(24)7-8-19(16)26(20)13-15-3-5-17(23)6-4-15/h3-8,11-12H,2,9-10,13-14,24H2,1H3,(H,25,27). The average molecular weight is 381 g/mol. The molecule has 3 N–H and O–H groups in total. The van der Waals surface area contributed by atoms with Gasteiger partial charge in [-0.2, -0.15) is 0 Å². The summed E-state index contributed by atoms with van der Waals surface area (Å²) in [5, 5.41) is 3.91. The first kappa shape index (κ1) is 18.5. The van der Waals surface area contributed by atoms with Crippen molar-refractivity contribution in [2.24, 2.45) is 0 Å². The number of halogens is 1. The first-order chi connectivity index (χ1) is 13.4. The number of benzene rings is 2. The fraction of sp³-hybridized carbons (Fsp3) is 0.318. The zero-order valence-electron chi connectivity index (χ0n) is 15.9. The Morgan fingerprint density at radius 1 is 1.25 bits per heavy atom. The van der Waals surface area contributed by atoms with Crippen LogP contribution in [0.3, 0.4) is 0 Å². The number of hydrogen-bond acceptors (Lipinski definition) is 3. The number of nitrogens with zero attached hydrogens (tertiary/aromatic N) is 1. The molecular formula is C22H24FN3O2. The molecule has 0 spiro atoms. The lowest BCUT2D eigenvalue weighted by molar-refractivity contribution is 0.0205. The van der Waals surface area contributed by atoms with Gasteiger partial charge >= 0.3 is 0 Å². The predicted octanol–water partition coefficient (Wildman–Crippen LogP) is 3.71. The molecule has 0 aliphatic carbocycles. The van der Waals surface area contributed by atoms with Crippen LogP contribution in [0.5, 0.6) is 0 Å². The Balaban J connectivity index is 1.65. The summed E-state index contributed by atoms with van der Waals surface area (Å²) in [6.45, 7) is 3.68. The maximum absolute atomic E-state index is 13.3. The predicted molar refractivity (Wildman–Crippen MR) is 108 cm³/mol. The largest absolute Gasteiger partial charge is 0.399 e. The van der Waals surface area contributed by atoms with E-state index in [1.54, 1.807) is 12.1 Å². The van der Waals surface area contributed by atoms with Crippen molar-refractivity contribution in [3.63, 3.8) is 0 Å². The number of nitrogen functional groups attached to an aromatic ring is 1. The lowest BCUT2D eigenvalue weighted by Gasteiger charge is -2.23. The molecule has 4 rings (SSSR count). The van der Waals surface area contributed by atoms with Gasteiger partial charge < -0.3 is 20.4 Å². The summed E-state index contributed by atoms with van der Waals surface area (Å²) < 4.78 is 21.0. The summed E-state index contributed by atoms with van der Waals surface area (Å²) in [5.74, 6) is -0.440. The molecule has 3 aromatic rings. The zero-order valence-corrected chi connectivity index (χ0v) is 15.9. The number of aromatic nitrogens is 1. The van der Waals surface area contributed by atoms with Crippen molar-refractivity contribution in [3.05, 3.63) is 65.6 Å². The molecule has 1 aliphatic heterocycles. The number of nitrogens with two attached hydrogens (primary N) is 1. The van der Waals surface area contributed by atoms with E-state index in [1.165, 1.54) is 12.1 Å². The third-order valence-electron chi connectivity index (χ3n) is 5.34. The highest BCUT2D eigenvalue weighted by atomic mass is 19.1. The number of fused-ring (bicyclic) bond motifs is 1. The molecule has 0 radical (unpaired) electrons. The monoisotopic (exact) mass is 381 g/mol. The van der Waals surface area contributed by atoms with E-state index in [-0.39, 0.29) is 17.3 Å². The SMILES string of the molecule is CC1(CNC(=O)c2cc3cc(N)ccc3n2Cc2ccc(F)cc2)CCCO1. The van der Waals surface area contributed by atoms with Gasteiger partial charge in [-0.1, -0.05) is 12.1 Å². The molecule has 1 aromatic heterocycles. The van der Waals surface area contributed by atoms with Gasteiger partial charge in [-0.15, -0.1) is 0 Å². The van der Waals surface area contributed by atoms with Crippen LogP contribution in [-0.4, -0.2) is 29.2 Å². The number of rotatable bonds is 5. The Morgan fingerprint density at radius 3 is 2.75 bits per heavy atom. The Bertz CT molecular complexity index is 1000. The van der Waals surface area contributed by atoms with E-state index in [0.717, 1.165) is 35.9 Å². The molecule has 1 amide bonds. The van der Waals surface area contributed by atoms with E-state index in [4.69, 9.17) is 10.5 Å². The Morgan fingerprint density at radius 2 is 2.04 bits per heavy atom. The number of carbonyl (C=O) groups is 1. The molecule has 1 saturated heterocycles. The normalized spacial score (nSPS) is 19.2. The van der Waals surface area contributed by atoms with Gasteiger partial charge in [0.1, 0.15) is 11.5 Å². The van der Waals surface area contributed by atoms with E-state index in [9.17, 15) is 9.18 Å². The van der Waals surface area contributed by atoms with E-state index in [2.05, 4.69) is 5.32 Å². The molecule has 2 aromatic carbocycles. The van der Waals surface area contributed by atoms with Crippen LogP contribution >= 0.6 is 0 Å². The van der Waals surface area contributed by atoms with Crippen LogP contribution in [0, 0.1) is 5.82 Å². The summed E-state index contributed by atoms with van der Waals surface area (Å²) >= 11 is 0.